The Kier molecular flexibility index (Phi) is 6.44. The summed E-state index contributed by atoms with van der Waals surface area (Å²) in [4.78, 5) is 28.1. The maximum Gasteiger partial charge on any atom is 0.358 e. The number of nitrogens with one attached hydrogen (secondary N) is 2. The zero-order valence-corrected chi connectivity index (χ0v) is 13.1. The summed E-state index contributed by atoms with van der Waals surface area (Å²) in [5.41, 5.74) is 0.339. The van der Waals surface area contributed by atoms with E-state index in [1.54, 1.807) is 6.92 Å². The number of aryl methyl sites for hydroxylation is 1. The third-order valence-corrected chi connectivity index (χ3v) is 3.27. The van der Waals surface area contributed by atoms with Crippen LogP contribution in [0.3, 0.4) is 0 Å². The van der Waals surface area contributed by atoms with Crippen LogP contribution in [0.25, 0.3) is 0 Å². The number of anilines is 1. The van der Waals surface area contributed by atoms with E-state index >= 15 is 0 Å². The molecule has 1 aromatic heterocycles. The van der Waals surface area contributed by atoms with Crippen LogP contribution < -0.4 is 10.6 Å². The fourth-order valence-corrected chi connectivity index (χ4v) is 2.36. The molecule has 1 amide bonds. The highest BCUT2D eigenvalue weighted by Gasteiger charge is 2.16. The molecule has 0 aromatic carbocycles. The lowest BCUT2D eigenvalue weighted by atomic mass is 10.3. The monoisotopic (exact) mass is 299 g/mol. The lowest BCUT2D eigenvalue weighted by molar-refractivity contribution is -0.121. The lowest BCUT2D eigenvalue weighted by Crippen LogP contribution is -2.31. The number of carbonyl (C=O) groups excluding carboxylic acids is 2. The normalized spacial score (nSPS) is 10.4. The first-order valence-corrected chi connectivity index (χ1v) is 7.43. The molecule has 0 saturated carbocycles. The zero-order chi connectivity index (χ0) is 15.1. The second-order valence-corrected chi connectivity index (χ2v) is 5.75. The number of esters is 1. The van der Waals surface area contributed by atoms with Gasteiger partial charge in [-0.05, 0) is 27.7 Å². The highest BCUT2D eigenvalue weighted by molar-refractivity contribution is 7.15. The standard InChI is InChI=1S/C13H21N3O3S/c1-5-19-12(18)11-9(4)20-13(16-11)14-7-6-10(17)15-8(2)3/h8H,5-7H2,1-4H3,(H,14,16)(H,15,17). The predicted octanol–water partition coefficient (Wildman–Crippen LogP) is 1.95. The predicted molar refractivity (Wildman–Crippen MR) is 79.2 cm³/mol. The van der Waals surface area contributed by atoms with Crippen LogP contribution in [0.4, 0.5) is 5.13 Å². The highest BCUT2D eigenvalue weighted by atomic mass is 32.1. The van der Waals surface area contributed by atoms with Gasteiger partial charge >= 0.3 is 5.97 Å². The van der Waals surface area contributed by atoms with Gasteiger partial charge in [-0.15, -0.1) is 11.3 Å². The SMILES string of the molecule is CCOC(=O)c1nc(NCCC(=O)NC(C)C)sc1C. The van der Waals surface area contributed by atoms with Gasteiger partial charge in [0.25, 0.3) is 0 Å². The van der Waals surface area contributed by atoms with Crippen LogP contribution in [0.15, 0.2) is 0 Å². The summed E-state index contributed by atoms with van der Waals surface area (Å²) >= 11 is 1.38. The van der Waals surface area contributed by atoms with Crippen molar-refractivity contribution in [3.63, 3.8) is 0 Å². The molecule has 0 aliphatic carbocycles. The molecule has 6 nitrogen and oxygen atoms in total. The Morgan fingerprint density at radius 2 is 2.10 bits per heavy atom. The topological polar surface area (TPSA) is 80.3 Å². The number of ether oxygens (including phenoxy) is 1. The molecule has 0 spiro atoms. The first-order chi connectivity index (χ1) is 9.43. The number of rotatable bonds is 7. The van der Waals surface area contributed by atoms with Crippen molar-refractivity contribution < 1.29 is 14.3 Å². The van der Waals surface area contributed by atoms with Gasteiger partial charge in [0.05, 0.1) is 6.61 Å². The Labute approximate surface area is 122 Å². The van der Waals surface area contributed by atoms with E-state index in [2.05, 4.69) is 15.6 Å². The molecule has 112 valence electrons. The first-order valence-electron chi connectivity index (χ1n) is 6.61. The Balaban J connectivity index is 2.47. The molecule has 0 fully saturated rings. The van der Waals surface area contributed by atoms with Crippen molar-refractivity contribution in [1.29, 1.82) is 0 Å². The second-order valence-electron chi connectivity index (χ2n) is 4.54. The van der Waals surface area contributed by atoms with Gasteiger partial charge in [0.1, 0.15) is 0 Å². The number of thiazole rings is 1. The molecular formula is C13H21N3O3S. The van der Waals surface area contributed by atoms with Gasteiger partial charge in [-0.2, -0.15) is 0 Å². The first kappa shape index (κ1) is 16.4. The third kappa shape index (κ3) is 5.16. The zero-order valence-electron chi connectivity index (χ0n) is 12.3. The van der Waals surface area contributed by atoms with E-state index in [4.69, 9.17) is 4.74 Å². The van der Waals surface area contributed by atoms with Gasteiger partial charge in [-0.1, -0.05) is 0 Å². The summed E-state index contributed by atoms with van der Waals surface area (Å²) in [6, 6.07) is 0.139. The molecular weight excluding hydrogens is 278 g/mol. The summed E-state index contributed by atoms with van der Waals surface area (Å²) in [6.45, 7) is 8.22. The van der Waals surface area contributed by atoms with Crippen LogP contribution in [-0.2, 0) is 9.53 Å². The van der Waals surface area contributed by atoms with E-state index in [-0.39, 0.29) is 11.9 Å². The molecule has 7 heteroatoms. The molecule has 0 unspecified atom stereocenters. The number of amides is 1. The molecule has 0 aliphatic rings. The van der Waals surface area contributed by atoms with Gasteiger partial charge in [0.15, 0.2) is 10.8 Å². The Morgan fingerprint density at radius 1 is 1.40 bits per heavy atom. The maximum absolute atomic E-state index is 11.6. The fraction of sp³-hybridized carbons (Fsp3) is 0.615. The lowest BCUT2D eigenvalue weighted by Gasteiger charge is -2.08. The minimum absolute atomic E-state index is 0.00797. The van der Waals surface area contributed by atoms with Crippen LogP contribution in [0, 0.1) is 6.92 Å². The van der Waals surface area contributed by atoms with Gasteiger partial charge in [0.2, 0.25) is 5.91 Å². The average molecular weight is 299 g/mol. The Morgan fingerprint density at radius 3 is 2.70 bits per heavy atom. The molecule has 0 radical (unpaired) electrons. The molecule has 0 aliphatic heterocycles. The van der Waals surface area contributed by atoms with Crippen molar-refractivity contribution in [2.75, 3.05) is 18.5 Å². The van der Waals surface area contributed by atoms with E-state index in [1.165, 1.54) is 11.3 Å². The fourth-order valence-electron chi connectivity index (χ4n) is 1.54. The Hall–Kier alpha value is -1.63. The minimum Gasteiger partial charge on any atom is -0.461 e. The van der Waals surface area contributed by atoms with Crippen molar-refractivity contribution in [3.8, 4) is 0 Å². The molecule has 20 heavy (non-hydrogen) atoms. The van der Waals surface area contributed by atoms with Gasteiger partial charge < -0.3 is 15.4 Å². The molecule has 1 rings (SSSR count). The quantitative estimate of drug-likeness (QED) is 0.752. The van der Waals surface area contributed by atoms with E-state index in [0.717, 1.165) is 4.88 Å². The number of nitrogens with zero attached hydrogens (tertiary/aromatic N) is 1. The van der Waals surface area contributed by atoms with Crippen molar-refractivity contribution in [2.24, 2.45) is 0 Å². The summed E-state index contributed by atoms with van der Waals surface area (Å²) in [7, 11) is 0. The van der Waals surface area contributed by atoms with E-state index in [1.807, 2.05) is 20.8 Å². The molecule has 0 bridgehead atoms. The van der Waals surface area contributed by atoms with Gasteiger partial charge in [0, 0.05) is 23.9 Å². The number of hydrogen-bond acceptors (Lipinski definition) is 6. The largest absolute Gasteiger partial charge is 0.461 e. The van der Waals surface area contributed by atoms with Crippen molar-refractivity contribution in [1.82, 2.24) is 10.3 Å². The molecule has 0 saturated heterocycles. The van der Waals surface area contributed by atoms with E-state index in [9.17, 15) is 9.59 Å². The average Bonchev–Trinajstić information content (AvgIpc) is 2.70. The number of hydrogen-bond donors (Lipinski definition) is 2. The van der Waals surface area contributed by atoms with Crippen molar-refractivity contribution >= 4 is 28.3 Å². The summed E-state index contributed by atoms with van der Waals surface area (Å²) in [5, 5.41) is 6.48. The van der Waals surface area contributed by atoms with Crippen LogP contribution >= 0.6 is 11.3 Å². The van der Waals surface area contributed by atoms with Crippen molar-refractivity contribution in [2.45, 2.75) is 40.2 Å². The summed E-state index contributed by atoms with van der Waals surface area (Å²) < 4.78 is 4.92. The molecule has 0 atom stereocenters. The maximum atomic E-state index is 11.6. The van der Waals surface area contributed by atoms with Crippen molar-refractivity contribution in [3.05, 3.63) is 10.6 Å². The summed E-state index contributed by atoms with van der Waals surface area (Å²) in [5.74, 6) is -0.418. The second kappa shape index (κ2) is 7.84. The van der Waals surface area contributed by atoms with E-state index in [0.29, 0.717) is 30.4 Å². The highest BCUT2D eigenvalue weighted by Crippen LogP contribution is 2.22. The van der Waals surface area contributed by atoms with Crippen LogP contribution in [0.5, 0.6) is 0 Å². The number of aromatic nitrogens is 1. The smallest absolute Gasteiger partial charge is 0.358 e. The summed E-state index contributed by atoms with van der Waals surface area (Å²) in [6.07, 6.45) is 0.367. The van der Waals surface area contributed by atoms with Crippen LogP contribution in [-0.4, -0.2) is 36.1 Å². The van der Waals surface area contributed by atoms with Gasteiger partial charge in [-0.3, -0.25) is 4.79 Å². The van der Waals surface area contributed by atoms with E-state index < -0.39 is 5.97 Å². The van der Waals surface area contributed by atoms with Crippen LogP contribution in [0.1, 0.15) is 42.6 Å². The molecule has 1 aromatic rings. The Bertz CT molecular complexity index is 471. The minimum atomic E-state index is -0.410. The van der Waals surface area contributed by atoms with Crippen LogP contribution in [0.2, 0.25) is 0 Å². The number of carbonyl (C=O) groups is 2. The molecule has 1 heterocycles. The molecule has 2 N–H and O–H groups in total. The van der Waals surface area contributed by atoms with Gasteiger partial charge in [-0.25, -0.2) is 9.78 Å². The third-order valence-electron chi connectivity index (χ3n) is 2.34.